The first-order valence-electron chi connectivity index (χ1n) is 6.91. The zero-order chi connectivity index (χ0) is 13.9. The molecule has 1 aromatic carbocycles. The summed E-state index contributed by atoms with van der Waals surface area (Å²) in [5.41, 5.74) is 1.22. The maximum Gasteiger partial charge on any atom is 0.133 e. The number of unbranched alkanes of at least 4 members (excludes halogenated alkanes) is 1. The molecule has 0 saturated heterocycles. The molecule has 108 valence electrons. The van der Waals surface area contributed by atoms with E-state index in [2.05, 4.69) is 47.2 Å². The van der Waals surface area contributed by atoms with Gasteiger partial charge in [0.05, 0.1) is 11.1 Å². The molecule has 0 spiro atoms. The quantitative estimate of drug-likeness (QED) is 0.666. The maximum absolute atomic E-state index is 5.69. The van der Waals surface area contributed by atoms with E-state index in [0.29, 0.717) is 6.61 Å². The molecule has 0 aliphatic heterocycles. The van der Waals surface area contributed by atoms with E-state index in [1.165, 1.54) is 12.0 Å². The summed E-state index contributed by atoms with van der Waals surface area (Å²) < 4.78 is 12.2. The minimum Gasteiger partial charge on any atom is -0.491 e. The maximum atomic E-state index is 5.69. The first-order chi connectivity index (χ1) is 9.24. The van der Waals surface area contributed by atoms with E-state index < -0.39 is 0 Å². The van der Waals surface area contributed by atoms with E-state index >= 15 is 0 Å². The van der Waals surface area contributed by atoms with Gasteiger partial charge in [0.2, 0.25) is 0 Å². The van der Waals surface area contributed by atoms with Crippen LogP contribution in [0.5, 0.6) is 5.75 Å². The SMILES string of the molecule is CCCCOCCNCCOc1ccc(C)cc1Br. The van der Waals surface area contributed by atoms with Crippen LogP contribution in [0.25, 0.3) is 0 Å². The molecule has 0 fully saturated rings. The lowest BCUT2D eigenvalue weighted by atomic mass is 10.2. The highest BCUT2D eigenvalue weighted by molar-refractivity contribution is 9.10. The van der Waals surface area contributed by atoms with E-state index in [4.69, 9.17) is 9.47 Å². The Kier molecular flexibility index (Phi) is 8.88. The van der Waals surface area contributed by atoms with Gasteiger partial charge in [0.25, 0.3) is 0 Å². The van der Waals surface area contributed by atoms with E-state index in [9.17, 15) is 0 Å². The molecule has 0 atom stereocenters. The van der Waals surface area contributed by atoms with Gasteiger partial charge in [-0.25, -0.2) is 0 Å². The Morgan fingerprint density at radius 2 is 1.95 bits per heavy atom. The number of ether oxygens (including phenoxy) is 2. The third kappa shape index (κ3) is 7.55. The van der Waals surface area contributed by atoms with Crippen LogP contribution in [0.1, 0.15) is 25.3 Å². The van der Waals surface area contributed by atoms with Crippen molar-refractivity contribution in [2.45, 2.75) is 26.7 Å². The van der Waals surface area contributed by atoms with Crippen LogP contribution in [0.4, 0.5) is 0 Å². The fourth-order valence-corrected chi connectivity index (χ4v) is 2.18. The molecular formula is C15H24BrNO2. The average molecular weight is 330 g/mol. The fraction of sp³-hybridized carbons (Fsp3) is 0.600. The number of nitrogens with one attached hydrogen (secondary N) is 1. The molecule has 0 aromatic heterocycles. The lowest BCUT2D eigenvalue weighted by Gasteiger charge is -2.09. The largest absolute Gasteiger partial charge is 0.491 e. The van der Waals surface area contributed by atoms with Crippen molar-refractivity contribution in [2.75, 3.05) is 32.9 Å². The van der Waals surface area contributed by atoms with E-state index in [1.807, 2.05) is 6.07 Å². The van der Waals surface area contributed by atoms with E-state index in [0.717, 1.165) is 42.9 Å². The Balaban J connectivity index is 2.01. The lowest BCUT2D eigenvalue weighted by Crippen LogP contribution is -2.25. The molecule has 0 unspecified atom stereocenters. The highest BCUT2D eigenvalue weighted by atomic mass is 79.9. The van der Waals surface area contributed by atoms with Crippen LogP contribution in [-0.4, -0.2) is 32.9 Å². The third-order valence-electron chi connectivity index (χ3n) is 2.69. The van der Waals surface area contributed by atoms with E-state index in [-0.39, 0.29) is 0 Å². The van der Waals surface area contributed by atoms with Crippen molar-refractivity contribution < 1.29 is 9.47 Å². The molecular weight excluding hydrogens is 306 g/mol. The zero-order valence-electron chi connectivity index (χ0n) is 11.9. The van der Waals surface area contributed by atoms with Gasteiger partial charge in [0.1, 0.15) is 12.4 Å². The molecule has 0 bridgehead atoms. The van der Waals surface area contributed by atoms with Gasteiger partial charge in [-0.3, -0.25) is 0 Å². The predicted octanol–water partition coefficient (Wildman–Crippen LogP) is 3.54. The molecule has 4 heteroatoms. The number of halogens is 1. The van der Waals surface area contributed by atoms with Crippen LogP contribution in [0, 0.1) is 6.92 Å². The smallest absolute Gasteiger partial charge is 0.133 e. The number of aryl methyl sites for hydroxylation is 1. The fourth-order valence-electron chi connectivity index (χ4n) is 1.57. The van der Waals surface area contributed by atoms with Crippen LogP contribution in [-0.2, 0) is 4.74 Å². The summed E-state index contributed by atoms with van der Waals surface area (Å²) in [6.07, 6.45) is 2.33. The summed E-state index contributed by atoms with van der Waals surface area (Å²) in [5.74, 6) is 0.895. The second kappa shape index (κ2) is 10.2. The molecule has 1 N–H and O–H groups in total. The van der Waals surface area contributed by atoms with Gasteiger partial charge < -0.3 is 14.8 Å². The van der Waals surface area contributed by atoms with Crippen molar-refractivity contribution in [1.82, 2.24) is 5.32 Å². The normalized spacial score (nSPS) is 10.7. The van der Waals surface area contributed by atoms with Crippen molar-refractivity contribution in [3.63, 3.8) is 0 Å². The van der Waals surface area contributed by atoms with Crippen LogP contribution in [0.2, 0.25) is 0 Å². The van der Waals surface area contributed by atoms with Crippen LogP contribution < -0.4 is 10.1 Å². The molecule has 1 rings (SSSR count). The molecule has 0 radical (unpaired) electrons. The summed E-state index contributed by atoms with van der Waals surface area (Å²) in [7, 11) is 0. The minimum atomic E-state index is 0.663. The molecule has 19 heavy (non-hydrogen) atoms. The molecule has 0 saturated carbocycles. The van der Waals surface area contributed by atoms with Gasteiger partial charge in [0.15, 0.2) is 0 Å². The second-order valence-electron chi connectivity index (χ2n) is 4.50. The van der Waals surface area contributed by atoms with Gasteiger partial charge in [-0.15, -0.1) is 0 Å². The first-order valence-corrected chi connectivity index (χ1v) is 7.70. The van der Waals surface area contributed by atoms with Crippen molar-refractivity contribution in [3.8, 4) is 5.75 Å². The summed E-state index contributed by atoms with van der Waals surface area (Å²) in [5, 5.41) is 3.30. The molecule has 1 aromatic rings. The van der Waals surface area contributed by atoms with Crippen molar-refractivity contribution in [2.24, 2.45) is 0 Å². The molecule has 0 aliphatic carbocycles. The number of rotatable bonds is 10. The third-order valence-corrected chi connectivity index (χ3v) is 3.31. The molecule has 3 nitrogen and oxygen atoms in total. The van der Waals surface area contributed by atoms with Crippen LogP contribution >= 0.6 is 15.9 Å². The topological polar surface area (TPSA) is 30.5 Å². The van der Waals surface area contributed by atoms with Gasteiger partial charge in [-0.2, -0.15) is 0 Å². The Morgan fingerprint density at radius 3 is 2.68 bits per heavy atom. The number of hydrogen-bond donors (Lipinski definition) is 1. The summed E-state index contributed by atoms with van der Waals surface area (Å²) in [4.78, 5) is 0. The van der Waals surface area contributed by atoms with Gasteiger partial charge in [-0.1, -0.05) is 19.4 Å². The Morgan fingerprint density at radius 1 is 1.16 bits per heavy atom. The minimum absolute atomic E-state index is 0.663. The summed E-state index contributed by atoms with van der Waals surface area (Å²) in [6.45, 7) is 8.24. The van der Waals surface area contributed by atoms with Gasteiger partial charge >= 0.3 is 0 Å². The monoisotopic (exact) mass is 329 g/mol. The van der Waals surface area contributed by atoms with Crippen molar-refractivity contribution in [1.29, 1.82) is 0 Å². The Bertz CT molecular complexity index is 358. The van der Waals surface area contributed by atoms with E-state index in [1.54, 1.807) is 0 Å². The summed E-state index contributed by atoms with van der Waals surface area (Å²) in [6, 6.07) is 6.10. The van der Waals surface area contributed by atoms with Gasteiger partial charge in [0, 0.05) is 19.7 Å². The lowest BCUT2D eigenvalue weighted by molar-refractivity contribution is 0.132. The second-order valence-corrected chi connectivity index (χ2v) is 5.35. The average Bonchev–Trinajstić information content (AvgIpc) is 2.39. The number of benzene rings is 1. The number of hydrogen-bond acceptors (Lipinski definition) is 3. The Hall–Kier alpha value is -0.580. The van der Waals surface area contributed by atoms with Crippen molar-refractivity contribution >= 4 is 15.9 Å². The zero-order valence-corrected chi connectivity index (χ0v) is 13.5. The summed E-state index contributed by atoms with van der Waals surface area (Å²) >= 11 is 3.50. The molecule has 0 heterocycles. The van der Waals surface area contributed by atoms with Crippen LogP contribution in [0.3, 0.4) is 0 Å². The van der Waals surface area contributed by atoms with Gasteiger partial charge in [-0.05, 0) is 47.0 Å². The van der Waals surface area contributed by atoms with Crippen molar-refractivity contribution in [3.05, 3.63) is 28.2 Å². The highest BCUT2D eigenvalue weighted by Gasteiger charge is 2.00. The highest BCUT2D eigenvalue weighted by Crippen LogP contribution is 2.25. The Labute approximate surface area is 124 Å². The molecule has 0 amide bonds. The predicted molar refractivity (Wildman–Crippen MR) is 83.0 cm³/mol. The standard InChI is InChI=1S/C15H24BrNO2/c1-3-4-9-18-10-7-17-8-11-19-15-6-5-13(2)12-14(15)16/h5-6,12,17H,3-4,7-11H2,1-2H3. The van der Waals surface area contributed by atoms with Crippen LogP contribution in [0.15, 0.2) is 22.7 Å². The first kappa shape index (κ1) is 16.5. The molecule has 0 aliphatic rings.